The van der Waals surface area contributed by atoms with Crippen molar-refractivity contribution in [2.45, 2.75) is 13.0 Å². The standard InChI is InChI=1S/C9H7F4NO4/c1-17-8(16)6-4(2-10)7(15)5(3-14-6)18-9(11,12)13/h3H,2H2,1H3,(H,14,15). The molecule has 0 aromatic carbocycles. The van der Waals surface area contributed by atoms with Crippen LogP contribution < -0.4 is 10.2 Å². The van der Waals surface area contributed by atoms with Gasteiger partial charge in [0.25, 0.3) is 0 Å². The van der Waals surface area contributed by atoms with E-state index in [1.54, 1.807) is 0 Å². The molecular weight excluding hydrogens is 262 g/mol. The van der Waals surface area contributed by atoms with E-state index in [0.717, 1.165) is 7.11 Å². The van der Waals surface area contributed by atoms with E-state index in [0.29, 0.717) is 6.20 Å². The minimum Gasteiger partial charge on any atom is -0.464 e. The normalized spacial score (nSPS) is 11.2. The van der Waals surface area contributed by atoms with Crippen LogP contribution in [0.1, 0.15) is 16.1 Å². The number of carbonyl (C=O) groups is 1. The predicted molar refractivity (Wildman–Crippen MR) is 49.9 cm³/mol. The van der Waals surface area contributed by atoms with Crippen molar-refractivity contribution in [3.63, 3.8) is 0 Å². The Kier molecular flexibility index (Phi) is 3.94. The van der Waals surface area contributed by atoms with Gasteiger partial charge >= 0.3 is 12.3 Å². The Balaban J connectivity index is 3.29. The maximum absolute atomic E-state index is 12.6. The number of aromatic nitrogens is 1. The Bertz CT molecular complexity index is 508. The van der Waals surface area contributed by atoms with Gasteiger partial charge in [0.15, 0.2) is 5.75 Å². The van der Waals surface area contributed by atoms with Gasteiger partial charge in [0.1, 0.15) is 12.4 Å². The predicted octanol–water partition coefficient (Wildman–Crippen LogP) is 1.53. The van der Waals surface area contributed by atoms with Gasteiger partial charge in [-0.05, 0) is 0 Å². The summed E-state index contributed by atoms with van der Waals surface area (Å²) in [5.41, 5.74) is -2.71. The number of pyridine rings is 1. The molecule has 0 unspecified atom stereocenters. The van der Waals surface area contributed by atoms with Crippen molar-refractivity contribution in [2.24, 2.45) is 0 Å². The average molecular weight is 269 g/mol. The third-order valence-corrected chi connectivity index (χ3v) is 1.90. The zero-order chi connectivity index (χ0) is 13.9. The molecule has 9 heteroatoms. The lowest BCUT2D eigenvalue weighted by molar-refractivity contribution is -0.275. The maximum atomic E-state index is 12.6. The number of halogens is 4. The fourth-order valence-corrected chi connectivity index (χ4v) is 1.16. The number of nitrogens with one attached hydrogen (secondary N) is 1. The highest BCUT2D eigenvalue weighted by Gasteiger charge is 2.33. The van der Waals surface area contributed by atoms with Crippen molar-refractivity contribution in [3.05, 3.63) is 27.7 Å². The molecule has 0 spiro atoms. The van der Waals surface area contributed by atoms with Crippen molar-refractivity contribution in [1.29, 1.82) is 0 Å². The molecule has 0 aliphatic carbocycles. The lowest BCUT2D eigenvalue weighted by Crippen LogP contribution is -2.25. The average Bonchev–Trinajstić information content (AvgIpc) is 2.28. The van der Waals surface area contributed by atoms with Crippen LogP contribution >= 0.6 is 0 Å². The highest BCUT2D eigenvalue weighted by atomic mass is 19.4. The number of esters is 1. The van der Waals surface area contributed by atoms with Crippen molar-refractivity contribution in [1.82, 2.24) is 4.98 Å². The Labute approximate surface area is 97.3 Å². The molecule has 0 radical (unpaired) electrons. The maximum Gasteiger partial charge on any atom is 0.573 e. The smallest absolute Gasteiger partial charge is 0.464 e. The molecule has 0 saturated carbocycles. The second-order valence-electron chi connectivity index (χ2n) is 3.01. The van der Waals surface area contributed by atoms with Gasteiger partial charge in [0.05, 0.1) is 12.7 Å². The second-order valence-corrected chi connectivity index (χ2v) is 3.01. The van der Waals surface area contributed by atoms with Crippen LogP contribution in [0.2, 0.25) is 0 Å². The summed E-state index contributed by atoms with van der Waals surface area (Å²) in [6, 6.07) is 0. The number of alkyl halides is 4. The minimum atomic E-state index is -5.09. The summed E-state index contributed by atoms with van der Waals surface area (Å²) in [5, 5.41) is 0. The molecule has 1 rings (SSSR count). The van der Waals surface area contributed by atoms with Crippen LogP contribution in [0.4, 0.5) is 17.6 Å². The zero-order valence-electron chi connectivity index (χ0n) is 8.93. The van der Waals surface area contributed by atoms with Gasteiger partial charge in [-0.3, -0.25) is 4.79 Å². The van der Waals surface area contributed by atoms with Crippen LogP contribution in [0.25, 0.3) is 0 Å². The van der Waals surface area contributed by atoms with Crippen LogP contribution in [0.5, 0.6) is 5.75 Å². The topological polar surface area (TPSA) is 68.4 Å². The molecule has 0 atom stereocenters. The Morgan fingerprint density at radius 3 is 2.50 bits per heavy atom. The lowest BCUT2D eigenvalue weighted by atomic mass is 10.2. The molecule has 1 N–H and O–H groups in total. The monoisotopic (exact) mass is 269 g/mol. The van der Waals surface area contributed by atoms with Crippen molar-refractivity contribution in [3.8, 4) is 5.75 Å². The molecule has 0 bridgehead atoms. The first-order valence-electron chi connectivity index (χ1n) is 4.44. The molecule has 18 heavy (non-hydrogen) atoms. The number of hydrogen-bond donors (Lipinski definition) is 1. The Morgan fingerprint density at radius 2 is 2.06 bits per heavy atom. The van der Waals surface area contributed by atoms with Crippen LogP contribution in [0, 0.1) is 0 Å². The second kappa shape index (κ2) is 5.07. The van der Waals surface area contributed by atoms with Gasteiger partial charge in [-0.25, -0.2) is 9.18 Å². The highest BCUT2D eigenvalue weighted by Crippen LogP contribution is 2.20. The minimum absolute atomic E-state index is 0.515. The Morgan fingerprint density at radius 1 is 1.44 bits per heavy atom. The lowest BCUT2D eigenvalue weighted by Gasteiger charge is -2.10. The number of methoxy groups -OCH3 is 1. The van der Waals surface area contributed by atoms with E-state index in [2.05, 4.69) is 9.47 Å². The first-order valence-corrected chi connectivity index (χ1v) is 4.44. The SMILES string of the molecule is COC(=O)c1[nH]cc(OC(F)(F)F)c(=O)c1CF. The van der Waals surface area contributed by atoms with E-state index < -0.39 is 41.4 Å². The van der Waals surface area contributed by atoms with Crippen molar-refractivity contribution >= 4 is 5.97 Å². The molecule has 1 heterocycles. The van der Waals surface area contributed by atoms with E-state index in [4.69, 9.17) is 0 Å². The summed E-state index contributed by atoms with van der Waals surface area (Å²) < 4.78 is 56.0. The quantitative estimate of drug-likeness (QED) is 0.667. The van der Waals surface area contributed by atoms with E-state index in [1.165, 1.54) is 0 Å². The molecular formula is C9H7F4NO4. The van der Waals surface area contributed by atoms with Gasteiger partial charge in [-0.2, -0.15) is 0 Å². The van der Waals surface area contributed by atoms with Crippen LogP contribution in [-0.4, -0.2) is 24.4 Å². The molecule has 5 nitrogen and oxygen atoms in total. The van der Waals surface area contributed by atoms with E-state index in [9.17, 15) is 27.2 Å². The summed E-state index contributed by atoms with van der Waals surface area (Å²) in [6.07, 6.45) is -4.57. The first kappa shape index (κ1) is 14.0. The molecule has 0 amide bonds. The third-order valence-electron chi connectivity index (χ3n) is 1.90. The fraction of sp³-hybridized carbons (Fsp3) is 0.333. The molecule has 1 aromatic heterocycles. The number of aromatic amines is 1. The summed E-state index contributed by atoms with van der Waals surface area (Å²) in [4.78, 5) is 24.6. The Hall–Kier alpha value is -2.06. The van der Waals surface area contributed by atoms with Gasteiger partial charge in [-0.15, -0.1) is 13.2 Å². The number of H-pyrrole nitrogens is 1. The number of carbonyl (C=O) groups excluding carboxylic acids is 1. The summed E-state index contributed by atoms with van der Waals surface area (Å²) in [7, 11) is 0.975. The molecule has 0 aliphatic heterocycles. The number of rotatable bonds is 3. The van der Waals surface area contributed by atoms with Crippen LogP contribution in [-0.2, 0) is 11.4 Å². The molecule has 100 valence electrons. The van der Waals surface area contributed by atoms with E-state index >= 15 is 0 Å². The van der Waals surface area contributed by atoms with Crippen molar-refractivity contribution in [2.75, 3.05) is 7.11 Å². The number of hydrogen-bond acceptors (Lipinski definition) is 4. The summed E-state index contributed by atoms with van der Waals surface area (Å²) >= 11 is 0. The molecule has 0 saturated heterocycles. The van der Waals surface area contributed by atoms with E-state index in [1.807, 2.05) is 4.98 Å². The van der Waals surface area contributed by atoms with Crippen LogP contribution in [0.15, 0.2) is 11.0 Å². The van der Waals surface area contributed by atoms with Gasteiger partial charge in [-0.1, -0.05) is 0 Å². The molecule has 1 aromatic rings. The van der Waals surface area contributed by atoms with Gasteiger partial charge in [0, 0.05) is 6.20 Å². The first-order chi connectivity index (χ1) is 8.30. The van der Waals surface area contributed by atoms with E-state index in [-0.39, 0.29) is 0 Å². The van der Waals surface area contributed by atoms with Gasteiger partial charge < -0.3 is 14.5 Å². The zero-order valence-corrected chi connectivity index (χ0v) is 8.93. The largest absolute Gasteiger partial charge is 0.573 e. The number of ether oxygens (including phenoxy) is 2. The van der Waals surface area contributed by atoms with Gasteiger partial charge in [0.2, 0.25) is 5.43 Å². The van der Waals surface area contributed by atoms with Crippen LogP contribution in [0.3, 0.4) is 0 Å². The highest BCUT2D eigenvalue weighted by molar-refractivity contribution is 5.88. The fourth-order valence-electron chi connectivity index (χ4n) is 1.16. The van der Waals surface area contributed by atoms with Crippen molar-refractivity contribution < 1.29 is 31.8 Å². The third kappa shape index (κ3) is 2.99. The summed E-state index contributed by atoms with van der Waals surface area (Å²) in [5.74, 6) is -2.22. The molecule has 0 aliphatic rings. The molecule has 0 fully saturated rings. The summed E-state index contributed by atoms with van der Waals surface area (Å²) in [6.45, 7) is -1.44.